The molecule has 2 fully saturated rings. The number of rotatable bonds is 7. The van der Waals surface area contributed by atoms with Gasteiger partial charge >= 0.3 is 0 Å². The van der Waals surface area contributed by atoms with Crippen molar-refractivity contribution in [2.45, 2.75) is 56.7 Å². The van der Waals surface area contributed by atoms with Crippen LogP contribution in [0.5, 0.6) is 0 Å². The number of anilines is 2. The van der Waals surface area contributed by atoms with Crippen LogP contribution in [-0.2, 0) is 0 Å². The SMILES string of the molecule is O=[N+]([O-])c1ccc(N2CCC[C@H](N[C@@H]3CCCC[C@H]3Nc3ncc(-c4ccccc4)o3)C2)cc1. The van der Waals surface area contributed by atoms with E-state index >= 15 is 0 Å². The zero-order chi connectivity index (χ0) is 23.3. The maximum atomic E-state index is 11.0. The fraction of sp³-hybridized carbons (Fsp3) is 0.423. The molecule has 178 valence electrons. The predicted octanol–water partition coefficient (Wildman–Crippen LogP) is 5.23. The van der Waals surface area contributed by atoms with Crippen molar-refractivity contribution in [3.63, 3.8) is 0 Å². The van der Waals surface area contributed by atoms with E-state index < -0.39 is 0 Å². The number of piperidine rings is 1. The van der Waals surface area contributed by atoms with E-state index in [2.05, 4.69) is 20.5 Å². The van der Waals surface area contributed by atoms with E-state index in [1.54, 1.807) is 18.3 Å². The predicted molar refractivity (Wildman–Crippen MR) is 133 cm³/mol. The highest BCUT2D eigenvalue weighted by atomic mass is 16.6. The fourth-order valence-electron chi connectivity index (χ4n) is 5.17. The first-order chi connectivity index (χ1) is 16.7. The molecule has 0 amide bonds. The van der Waals surface area contributed by atoms with Gasteiger partial charge in [-0.3, -0.25) is 10.1 Å². The Labute approximate surface area is 199 Å². The van der Waals surface area contributed by atoms with E-state index in [0.29, 0.717) is 18.1 Å². The van der Waals surface area contributed by atoms with Crippen LogP contribution in [0.4, 0.5) is 17.4 Å². The molecule has 3 aromatic rings. The van der Waals surface area contributed by atoms with Crippen molar-refractivity contribution >= 4 is 17.4 Å². The molecule has 1 aliphatic heterocycles. The number of nitro groups is 1. The molecule has 2 aromatic carbocycles. The number of aromatic nitrogens is 1. The number of oxazole rings is 1. The van der Waals surface area contributed by atoms with Crippen LogP contribution in [0.15, 0.2) is 65.2 Å². The van der Waals surface area contributed by atoms with Gasteiger partial charge in [-0.1, -0.05) is 43.2 Å². The Balaban J connectivity index is 1.21. The summed E-state index contributed by atoms with van der Waals surface area (Å²) in [5.74, 6) is 0.773. The summed E-state index contributed by atoms with van der Waals surface area (Å²) in [6.07, 6.45) is 8.63. The summed E-state index contributed by atoms with van der Waals surface area (Å²) in [7, 11) is 0. The van der Waals surface area contributed by atoms with Crippen molar-refractivity contribution in [2.75, 3.05) is 23.3 Å². The van der Waals surface area contributed by atoms with Gasteiger partial charge in [-0.05, 0) is 37.8 Å². The number of nitrogens with one attached hydrogen (secondary N) is 2. The number of nitrogens with zero attached hydrogens (tertiary/aromatic N) is 3. The summed E-state index contributed by atoms with van der Waals surface area (Å²) in [5.41, 5.74) is 2.20. The van der Waals surface area contributed by atoms with Crippen molar-refractivity contribution < 1.29 is 9.34 Å². The smallest absolute Gasteiger partial charge is 0.295 e. The summed E-state index contributed by atoms with van der Waals surface area (Å²) in [4.78, 5) is 17.4. The maximum absolute atomic E-state index is 11.0. The van der Waals surface area contributed by atoms with Crippen LogP contribution in [0.25, 0.3) is 11.3 Å². The summed E-state index contributed by atoms with van der Waals surface area (Å²) in [5, 5.41) is 18.4. The average Bonchev–Trinajstić information content (AvgIpc) is 3.35. The van der Waals surface area contributed by atoms with Crippen molar-refractivity contribution in [2.24, 2.45) is 0 Å². The van der Waals surface area contributed by atoms with E-state index in [-0.39, 0.29) is 16.7 Å². The van der Waals surface area contributed by atoms with Gasteiger partial charge in [-0.15, -0.1) is 0 Å². The molecule has 0 radical (unpaired) electrons. The summed E-state index contributed by atoms with van der Waals surface area (Å²) in [6, 6.07) is 18.5. The van der Waals surface area contributed by atoms with E-state index in [9.17, 15) is 10.1 Å². The second kappa shape index (κ2) is 10.3. The Kier molecular flexibility index (Phi) is 6.76. The molecule has 1 saturated carbocycles. The highest BCUT2D eigenvalue weighted by molar-refractivity contribution is 5.57. The molecule has 8 heteroatoms. The molecule has 3 atom stereocenters. The van der Waals surface area contributed by atoms with Gasteiger partial charge < -0.3 is 20.0 Å². The molecule has 2 N–H and O–H groups in total. The topological polar surface area (TPSA) is 96.5 Å². The van der Waals surface area contributed by atoms with Gasteiger partial charge in [0.05, 0.1) is 11.1 Å². The van der Waals surface area contributed by atoms with Gasteiger partial charge in [0.25, 0.3) is 11.7 Å². The molecule has 34 heavy (non-hydrogen) atoms. The molecule has 1 saturated heterocycles. The number of nitro benzene ring substituents is 1. The zero-order valence-corrected chi connectivity index (χ0v) is 19.2. The Morgan fingerprint density at radius 2 is 1.74 bits per heavy atom. The lowest BCUT2D eigenvalue weighted by Crippen LogP contribution is -2.54. The lowest BCUT2D eigenvalue weighted by atomic mass is 9.89. The van der Waals surface area contributed by atoms with Gasteiger partial charge in [-0.25, -0.2) is 4.98 Å². The van der Waals surface area contributed by atoms with Crippen LogP contribution < -0.4 is 15.5 Å². The van der Waals surface area contributed by atoms with Gasteiger partial charge in [0.15, 0.2) is 5.76 Å². The average molecular weight is 462 g/mol. The molecule has 0 unspecified atom stereocenters. The first-order valence-electron chi connectivity index (χ1n) is 12.2. The third kappa shape index (κ3) is 5.22. The molecule has 1 aliphatic carbocycles. The van der Waals surface area contributed by atoms with E-state index in [1.165, 1.54) is 12.8 Å². The molecule has 5 rings (SSSR count). The highest BCUT2D eigenvalue weighted by Crippen LogP contribution is 2.28. The third-order valence-electron chi connectivity index (χ3n) is 6.94. The molecule has 0 bridgehead atoms. The van der Waals surface area contributed by atoms with Crippen molar-refractivity contribution in [3.8, 4) is 11.3 Å². The first kappa shape index (κ1) is 22.4. The standard InChI is InChI=1S/C26H31N5O3/c32-31(33)22-14-12-21(13-15-22)30-16-6-9-20(18-30)28-23-10-4-5-11-24(23)29-26-27-17-25(34-26)19-7-2-1-3-8-19/h1-3,7-8,12-15,17,20,23-24,28H,4-6,9-11,16,18H2,(H,27,29)/t20-,23+,24+/m0/s1. The summed E-state index contributed by atoms with van der Waals surface area (Å²) < 4.78 is 6.01. The van der Waals surface area contributed by atoms with E-state index in [0.717, 1.165) is 55.8 Å². The summed E-state index contributed by atoms with van der Waals surface area (Å²) in [6.45, 7) is 1.87. The van der Waals surface area contributed by atoms with Crippen LogP contribution >= 0.6 is 0 Å². The van der Waals surface area contributed by atoms with Gasteiger partial charge in [0.1, 0.15) is 0 Å². The molecular formula is C26H31N5O3. The third-order valence-corrected chi connectivity index (χ3v) is 6.94. The molecule has 2 heterocycles. The minimum atomic E-state index is -0.350. The zero-order valence-electron chi connectivity index (χ0n) is 19.2. The minimum Gasteiger partial charge on any atom is -0.424 e. The Hall–Kier alpha value is -3.39. The number of benzene rings is 2. The monoisotopic (exact) mass is 461 g/mol. The molecular weight excluding hydrogens is 430 g/mol. The molecule has 2 aliphatic rings. The number of hydrogen-bond acceptors (Lipinski definition) is 7. The van der Waals surface area contributed by atoms with Gasteiger partial charge in [0.2, 0.25) is 0 Å². The maximum Gasteiger partial charge on any atom is 0.295 e. The summed E-state index contributed by atoms with van der Waals surface area (Å²) >= 11 is 0. The van der Waals surface area contributed by atoms with Gasteiger partial charge in [0, 0.05) is 54.6 Å². The lowest BCUT2D eigenvalue weighted by molar-refractivity contribution is -0.384. The first-order valence-corrected chi connectivity index (χ1v) is 12.2. The van der Waals surface area contributed by atoms with Crippen LogP contribution in [0.3, 0.4) is 0 Å². The van der Waals surface area contributed by atoms with Crippen LogP contribution in [0.2, 0.25) is 0 Å². The minimum absolute atomic E-state index is 0.133. The number of hydrogen-bond donors (Lipinski definition) is 2. The normalized spacial score (nSPS) is 22.9. The molecule has 1 aromatic heterocycles. The quantitative estimate of drug-likeness (QED) is 0.367. The Bertz CT molecular complexity index is 1090. The van der Waals surface area contributed by atoms with E-state index in [1.807, 2.05) is 42.5 Å². The van der Waals surface area contributed by atoms with Crippen molar-refractivity contribution in [1.29, 1.82) is 0 Å². The Morgan fingerprint density at radius 1 is 0.971 bits per heavy atom. The second-order valence-electron chi connectivity index (χ2n) is 9.26. The van der Waals surface area contributed by atoms with Crippen LogP contribution in [0.1, 0.15) is 38.5 Å². The van der Waals surface area contributed by atoms with Crippen LogP contribution in [0, 0.1) is 10.1 Å². The van der Waals surface area contributed by atoms with Crippen molar-refractivity contribution in [1.82, 2.24) is 10.3 Å². The fourth-order valence-corrected chi connectivity index (χ4v) is 5.17. The number of non-ortho nitro benzene ring substituents is 1. The largest absolute Gasteiger partial charge is 0.424 e. The Morgan fingerprint density at radius 3 is 2.50 bits per heavy atom. The second-order valence-corrected chi connectivity index (χ2v) is 9.26. The van der Waals surface area contributed by atoms with Crippen molar-refractivity contribution in [3.05, 3.63) is 70.9 Å². The van der Waals surface area contributed by atoms with E-state index in [4.69, 9.17) is 4.42 Å². The molecule has 0 spiro atoms. The van der Waals surface area contributed by atoms with Crippen LogP contribution in [-0.4, -0.2) is 41.1 Å². The lowest BCUT2D eigenvalue weighted by Gasteiger charge is -2.40. The molecule has 8 nitrogen and oxygen atoms in total. The highest BCUT2D eigenvalue weighted by Gasteiger charge is 2.30. The van der Waals surface area contributed by atoms with Gasteiger partial charge in [-0.2, -0.15) is 0 Å².